The molecule has 122 valence electrons. The minimum atomic E-state index is -0.365. The largest absolute Gasteiger partial charge is 0.457 e. The SMILES string of the molecule is CC1(C)OB(CCC(O)CSc2ccccc2Br)OC1(C)C. The van der Waals surface area contributed by atoms with Gasteiger partial charge in [-0.3, -0.25) is 0 Å². The van der Waals surface area contributed by atoms with Crippen molar-refractivity contribution in [2.45, 2.75) is 62.6 Å². The normalized spacial score (nSPS) is 21.1. The van der Waals surface area contributed by atoms with Crippen LogP contribution in [-0.2, 0) is 9.31 Å². The van der Waals surface area contributed by atoms with Crippen LogP contribution in [-0.4, -0.2) is 35.3 Å². The fraction of sp³-hybridized carbons (Fsp3) is 0.625. The summed E-state index contributed by atoms with van der Waals surface area (Å²) in [5, 5.41) is 10.2. The smallest absolute Gasteiger partial charge is 0.403 e. The Labute approximate surface area is 146 Å². The average Bonchev–Trinajstić information content (AvgIpc) is 2.64. The summed E-state index contributed by atoms with van der Waals surface area (Å²) in [5.74, 6) is 0.669. The van der Waals surface area contributed by atoms with Crippen LogP contribution < -0.4 is 0 Å². The fourth-order valence-electron chi connectivity index (χ4n) is 2.24. The number of rotatable bonds is 6. The summed E-state index contributed by atoms with van der Waals surface area (Å²) in [7, 11) is -0.229. The molecular formula is C16H24BBrO3S. The van der Waals surface area contributed by atoms with Crippen molar-refractivity contribution in [1.82, 2.24) is 0 Å². The molecule has 1 saturated heterocycles. The zero-order valence-corrected chi connectivity index (χ0v) is 16.0. The van der Waals surface area contributed by atoms with Crippen LogP contribution in [0.15, 0.2) is 33.6 Å². The van der Waals surface area contributed by atoms with Gasteiger partial charge in [-0.15, -0.1) is 11.8 Å². The third-order valence-electron chi connectivity index (χ3n) is 4.31. The molecule has 1 aliphatic heterocycles. The first kappa shape index (κ1) is 18.3. The summed E-state index contributed by atoms with van der Waals surface area (Å²) < 4.78 is 13.0. The lowest BCUT2D eigenvalue weighted by molar-refractivity contribution is 0.00578. The monoisotopic (exact) mass is 386 g/mol. The number of aliphatic hydroxyl groups is 1. The summed E-state index contributed by atoms with van der Waals surface area (Å²) in [5.41, 5.74) is -0.599. The molecule has 0 aromatic heterocycles. The van der Waals surface area contributed by atoms with Gasteiger partial charge in [0, 0.05) is 15.1 Å². The lowest BCUT2D eigenvalue weighted by atomic mass is 9.82. The summed E-state index contributed by atoms with van der Waals surface area (Å²) in [4.78, 5) is 1.15. The van der Waals surface area contributed by atoms with E-state index in [1.165, 1.54) is 0 Å². The minimum absolute atomic E-state index is 0.229. The molecule has 0 spiro atoms. The number of hydrogen-bond donors (Lipinski definition) is 1. The molecule has 22 heavy (non-hydrogen) atoms. The van der Waals surface area contributed by atoms with Crippen molar-refractivity contribution < 1.29 is 14.4 Å². The first-order valence-corrected chi connectivity index (χ1v) is 9.40. The predicted molar refractivity (Wildman–Crippen MR) is 96.4 cm³/mol. The lowest BCUT2D eigenvalue weighted by Gasteiger charge is -2.32. The third kappa shape index (κ3) is 4.51. The van der Waals surface area contributed by atoms with Gasteiger partial charge >= 0.3 is 7.12 Å². The minimum Gasteiger partial charge on any atom is -0.403 e. The van der Waals surface area contributed by atoms with Crippen LogP contribution in [0.2, 0.25) is 6.32 Å². The van der Waals surface area contributed by atoms with Gasteiger partial charge in [-0.05, 0) is 68.5 Å². The van der Waals surface area contributed by atoms with Crippen molar-refractivity contribution in [2.24, 2.45) is 0 Å². The number of halogens is 1. The molecule has 0 radical (unpaired) electrons. The first-order valence-electron chi connectivity index (χ1n) is 7.62. The van der Waals surface area contributed by atoms with E-state index >= 15 is 0 Å². The van der Waals surface area contributed by atoms with E-state index in [4.69, 9.17) is 9.31 Å². The Morgan fingerprint density at radius 1 is 1.18 bits per heavy atom. The molecule has 1 atom stereocenters. The van der Waals surface area contributed by atoms with Gasteiger partial charge in [0.25, 0.3) is 0 Å². The molecule has 3 nitrogen and oxygen atoms in total. The topological polar surface area (TPSA) is 38.7 Å². The van der Waals surface area contributed by atoms with Gasteiger partial charge in [0.2, 0.25) is 0 Å². The maximum atomic E-state index is 10.2. The van der Waals surface area contributed by atoms with Gasteiger partial charge in [-0.25, -0.2) is 0 Å². The Kier molecular flexibility index (Phi) is 6.05. The number of hydrogen-bond acceptors (Lipinski definition) is 4. The second-order valence-electron chi connectivity index (χ2n) is 6.66. The Bertz CT molecular complexity index is 494. The first-order chi connectivity index (χ1) is 10.2. The van der Waals surface area contributed by atoms with Gasteiger partial charge < -0.3 is 14.4 Å². The molecule has 0 aliphatic carbocycles. The van der Waals surface area contributed by atoms with Gasteiger partial charge in [0.1, 0.15) is 0 Å². The molecule has 1 unspecified atom stereocenters. The molecule has 1 heterocycles. The summed E-state index contributed by atoms with van der Waals surface area (Å²) in [6, 6.07) is 8.06. The summed E-state index contributed by atoms with van der Waals surface area (Å²) >= 11 is 5.18. The van der Waals surface area contributed by atoms with Crippen LogP contribution in [0.4, 0.5) is 0 Å². The van der Waals surface area contributed by atoms with E-state index in [1.54, 1.807) is 11.8 Å². The van der Waals surface area contributed by atoms with E-state index in [0.29, 0.717) is 18.5 Å². The van der Waals surface area contributed by atoms with Gasteiger partial charge in [0.15, 0.2) is 0 Å². The van der Waals surface area contributed by atoms with Crippen LogP contribution in [0.1, 0.15) is 34.1 Å². The van der Waals surface area contributed by atoms with Crippen LogP contribution >= 0.6 is 27.7 Å². The Morgan fingerprint density at radius 3 is 2.36 bits per heavy atom. The Hall–Kier alpha value is -0.00506. The van der Waals surface area contributed by atoms with Crippen molar-refractivity contribution in [3.8, 4) is 0 Å². The van der Waals surface area contributed by atoms with Crippen molar-refractivity contribution in [3.63, 3.8) is 0 Å². The molecule has 1 fully saturated rings. The molecule has 0 amide bonds. The van der Waals surface area contributed by atoms with Gasteiger partial charge in [-0.2, -0.15) is 0 Å². The molecule has 6 heteroatoms. The predicted octanol–water partition coefficient (Wildman–Crippen LogP) is 4.38. The molecule has 1 aromatic rings. The number of aliphatic hydroxyl groups excluding tert-OH is 1. The lowest BCUT2D eigenvalue weighted by Crippen LogP contribution is -2.41. The Morgan fingerprint density at radius 2 is 1.77 bits per heavy atom. The van der Waals surface area contributed by atoms with Crippen LogP contribution in [0, 0.1) is 0 Å². The maximum absolute atomic E-state index is 10.2. The van der Waals surface area contributed by atoms with E-state index in [-0.39, 0.29) is 24.4 Å². The molecule has 0 saturated carbocycles. The highest BCUT2D eigenvalue weighted by Gasteiger charge is 2.50. The van der Waals surface area contributed by atoms with E-state index < -0.39 is 0 Å². The standard InChI is InChI=1S/C16H24BBrO3S/c1-15(2)16(3,4)21-17(20-15)10-9-12(19)11-22-14-8-6-5-7-13(14)18/h5-8,12,19H,9-11H2,1-4H3. The quantitative estimate of drug-likeness (QED) is 0.581. The second-order valence-corrected chi connectivity index (χ2v) is 8.57. The van der Waals surface area contributed by atoms with Crippen molar-refractivity contribution >= 4 is 34.8 Å². The number of thioether (sulfide) groups is 1. The number of benzene rings is 1. The second kappa shape index (κ2) is 7.26. The van der Waals surface area contributed by atoms with E-state index in [0.717, 1.165) is 9.37 Å². The van der Waals surface area contributed by atoms with E-state index in [9.17, 15) is 5.11 Å². The highest BCUT2D eigenvalue weighted by molar-refractivity contribution is 9.10. The van der Waals surface area contributed by atoms with Crippen molar-refractivity contribution in [3.05, 3.63) is 28.7 Å². The summed E-state index contributed by atoms with van der Waals surface area (Å²) in [6.45, 7) is 8.19. The zero-order chi connectivity index (χ0) is 16.4. The summed E-state index contributed by atoms with van der Waals surface area (Å²) in [6.07, 6.45) is 1.02. The molecule has 1 aliphatic rings. The van der Waals surface area contributed by atoms with Crippen molar-refractivity contribution in [1.29, 1.82) is 0 Å². The highest BCUT2D eigenvalue weighted by Crippen LogP contribution is 2.38. The molecule has 2 rings (SSSR count). The van der Waals surface area contributed by atoms with Gasteiger partial charge in [-0.1, -0.05) is 12.1 Å². The molecular weight excluding hydrogens is 363 g/mol. The third-order valence-corrected chi connectivity index (χ3v) is 6.48. The fourth-order valence-corrected chi connectivity index (χ4v) is 3.79. The van der Waals surface area contributed by atoms with Gasteiger partial charge in [0.05, 0.1) is 17.3 Å². The highest BCUT2D eigenvalue weighted by atomic mass is 79.9. The van der Waals surface area contributed by atoms with E-state index in [1.807, 2.05) is 45.9 Å². The molecule has 0 bridgehead atoms. The zero-order valence-electron chi connectivity index (χ0n) is 13.6. The maximum Gasteiger partial charge on any atom is 0.457 e. The van der Waals surface area contributed by atoms with E-state index in [2.05, 4.69) is 22.0 Å². The Balaban J connectivity index is 1.75. The molecule has 1 aromatic carbocycles. The van der Waals surface area contributed by atoms with Crippen LogP contribution in [0.3, 0.4) is 0 Å². The van der Waals surface area contributed by atoms with Crippen molar-refractivity contribution in [2.75, 3.05) is 5.75 Å². The molecule has 1 N–H and O–H groups in total. The van der Waals surface area contributed by atoms with Crippen LogP contribution in [0.25, 0.3) is 0 Å². The van der Waals surface area contributed by atoms with Crippen LogP contribution in [0.5, 0.6) is 0 Å². The average molecular weight is 387 g/mol.